The van der Waals surface area contributed by atoms with Crippen LogP contribution in [0.25, 0.3) is 10.6 Å². The van der Waals surface area contributed by atoms with Crippen molar-refractivity contribution in [1.82, 2.24) is 10.3 Å². The number of rotatable bonds is 4. The predicted molar refractivity (Wildman–Crippen MR) is 77.0 cm³/mol. The summed E-state index contributed by atoms with van der Waals surface area (Å²) in [6, 6.07) is 7.19. The van der Waals surface area contributed by atoms with E-state index >= 15 is 0 Å². The second kappa shape index (κ2) is 5.83. The molecule has 1 aromatic carbocycles. The highest BCUT2D eigenvalue weighted by Gasteiger charge is 2.14. The number of carboxylic acids is 1. The number of benzene rings is 1. The standard InChI is InChI=1S/C14H14N2O3S/c1-8(14(18)19)9-3-5-10(6-4-9)13-16-11(7-20-13)12(17)15-2/h3-8H,1-2H3,(H,15,17)(H,18,19). The lowest BCUT2D eigenvalue weighted by molar-refractivity contribution is -0.138. The molecule has 0 aliphatic carbocycles. The highest BCUT2D eigenvalue weighted by molar-refractivity contribution is 7.13. The van der Waals surface area contributed by atoms with E-state index < -0.39 is 11.9 Å². The smallest absolute Gasteiger partial charge is 0.310 e. The molecule has 0 radical (unpaired) electrons. The molecule has 2 rings (SSSR count). The molecule has 5 nitrogen and oxygen atoms in total. The Kier molecular flexibility index (Phi) is 4.14. The van der Waals surface area contributed by atoms with Crippen LogP contribution >= 0.6 is 11.3 Å². The summed E-state index contributed by atoms with van der Waals surface area (Å²) in [5, 5.41) is 13.9. The fraction of sp³-hybridized carbons (Fsp3) is 0.214. The van der Waals surface area contributed by atoms with Crippen molar-refractivity contribution in [2.45, 2.75) is 12.8 Å². The second-order valence-corrected chi connectivity index (χ2v) is 5.16. The second-order valence-electron chi connectivity index (χ2n) is 4.30. The predicted octanol–water partition coefficient (Wildman–Crippen LogP) is 2.36. The van der Waals surface area contributed by atoms with E-state index in [2.05, 4.69) is 10.3 Å². The Hall–Kier alpha value is -2.21. The van der Waals surface area contributed by atoms with Crippen LogP contribution in [0.2, 0.25) is 0 Å². The molecule has 2 aromatic rings. The van der Waals surface area contributed by atoms with Crippen LogP contribution in [-0.2, 0) is 4.79 Å². The molecule has 20 heavy (non-hydrogen) atoms. The SMILES string of the molecule is CNC(=O)c1csc(-c2ccc(C(C)C(=O)O)cc2)n1. The summed E-state index contributed by atoms with van der Waals surface area (Å²) in [5.74, 6) is -1.61. The van der Waals surface area contributed by atoms with Gasteiger partial charge in [0.05, 0.1) is 5.92 Å². The summed E-state index contributed by atoms with van der Waals surface area (Å²) >= 11 is 1.38. The van der Waals surface area contributed by atoms with Gasteiger partial charge in [0.15, 0.2) is 0 Å². The van der Waals surface area contributed by atoms with E-state index in [1.54, 1.807) is 31.5 Å². The molecule has 1 unspecified atom stereocenters. The van der Waals surface area contributed by atoms with Crippen molar-refractivity contribution in [3.8, 4) is 10.6 Å². The molecule has 0 bridgehead atoms. The third-order valence-corrected chi connectivity index (χ3v) is 3.88. The Morgan fingerprint density at radius 1 is 1.30 bits per heavy atom. The zero-order valence-corrected chi connectivity index (χ0v) is 11.9. The first-order chi connectivity index (χ1) is 9.52. The highest BCUT2D eigenvalue weighted by Crippen LogP contribution is 2.25. The number of carboxylic acid groups (broad SMARTS) is 1. The third kappa shape index (κ3) is 2.85. The minimum absolute atomic E-state index is 0.219. The largest absolute Gasteiger partial charge is 0.481 e. The molecule has 2 N–H and O–H groups in total. The van der Waals surface area contributed by atoms with E-state index in [0.717, 1.165) is 16.1 Å². The van der Waals surface area contributed by atoms with Crippen molar-refractivity contribution in [2.24, 2.45) is 0 Å². The maximum absolute atomic E-state index is 11.4. The van der Waals surface area contributed by atoms with Gasteiger partial charge in [-0.1, -0.05) is 24.3 Å². The minimum Gasteiger partial charge on any atom is -0.481 e. The van der Waals surface area contributed by atoms with Crippen LogP contribution in [-0.4, -0.2) is 29.0 Å². The molecule has 0 spiro atoms. The van der Waals surface area contributed by atoms with Gasteiger partial charge in [-0.05, 0) is 12.5 Å². The first-order valence-corrected chi connectivity index (χ1v) is 6.91. The van der Waals surface area contributed by atoms with Crippen LogP contribution in [0.3, 0.4) is 0 Å². The Morgan fingerprint density at radius 2 is 1.95 bits per heavy atom. The molecule has 0 aliphatic heterocycles. The van der Waals surface area contributed by atoms with Crippen LogP contribution in [0.15, 0.2) is 29.6 Å². The fourth-order valence-corrected chi connectivity index (χ4v) is 2.50. The lowest BCUT2D eigenvalue weighted by Crippen LogP contribution is -2.17. The summed E-state index contributed by atoms with van der Waals surface area (Å²) in [6.07, 6.45) is 0. The minimum atomic E-state index is -0.853. The van der Waals surface area contributed by atoms with Crippen molar-refractivity contribution in [2.75, 3.05) is 7.05 Å². The van der Waals surface area contributed by atoms with Crippen molar-refractivity contribution in [1.29, 1.82) is 0 Å². The van der Waals surface area contributed by atoms with Gasteiger partial charge < -0.3 is 10.4 Å². The first-order valence-electron chi connectivity index (χ1n) is 6.03. The summed E-state index contributed by atoms with van der Waals surface area (Å²) in [5.41, 5.74) is 1.99. The summed E-state index contributed by atoms with van der Waals surface area (Å²) in [7, 11) is 1.56. The highest BCUT2D eigenvalue weighted by atomic mass is 32.1. The third-order valence-electron chi connectivity index (χ3n) is 2.99. The van der Waals surface area contributed by atoms with E-state index in [-0.39, 0.29) is 5.91 Å². The van der Waals surface area contributed by atoms with Crippen molar-refractivity contribution < 1.29 is 14.7 Å². The van der Waals surface area contributed by atoms with Crippen LogP contribution in [0.5, 0.6) is 0 Å². The van der Waals surface area contributed by atoms with Crippen LogP contribution in [0.1, 0.15) is 28.9 Å². The quantitative estimate of drug-likeness (QED) is 0.906. The van der Waals surface area contributed by atoms with Gasteiger partial charge in [-0.25, -0.2) is 4.98 Å². The maximum Gasteiger partial charge on any atom is 0.310 e. The normalized spacial score (nSPS) is 11.9. The number of hydrogen-bond acceptors (Lipinski definition) is 4. The number of aromatic nitrogens is 1. The Balaban J connectivity index is 2.24. The van der Waals surface area contributed by atoms with E-state index in [1.807, 2.05) is 12.1 Å². The number of aliphatic carboxylic acids is 1. The van der Waals surface area contributed by atoms with Gasteiger partial charge >= 0.3 is 5.97 Å². The van der Waals surface area contributed by atoms with Gasteiger partial charge in [0.2, 0.25) is 0 Å². The van der Waals surface area contributed by atoms with Gasteiger partial charge in [-0.3, -0.25) is 9.59 Å². The Bertz CT molecular complexity index is 634. The fourth-order valence-electron chi connectivity index (χ4n) is 1.70. The molecule has 0 saturated carbocycles. The van der Waals surface area contributed by atoms with Crippen molar-refractivity contribution >= 4 is 23.2 Å². The Morgan fingerprint density at radius 3 is 2.50 bits per heavy atom. The molecule has 104 valence electrons. The molecule has 1 aromatic heterocycles. The molecule has 0 saturated heterocycles. The van der Waals surface area contributed by atoms with Gasteiger partial charge in [-0.2, -0.15) is 0 Å². The number of nitrogens with zero attached hydrogens (tertiary/aromatic N) is 1. The van der Waals surface area contributed by atoms with Gasteiger partial charge in [0, 0.05) is 18.0 Å². The number of carbonyl (C=O) groups is 2. The van der Waals surface area contributed by atoms with Crippen LogP contribution in [0.4, 0.5) is 0 Å². The molecular formula is C14H14N2O3S. The number of hydrogen-bond donors (Lipinski definition) is 2. The molecule has 1 atom stereocenters. The number of nitrogens with one attached hydrogen (secondary N) is 1. The monoisotopic (exact) mass is 290 g/mol. The molecule has 1 heterocycles. The van der Waals surface area contributed by atoms with Gasteiger partial charge in [0.1, 0.15) is 10.7 Å². The lowest BCUT2D eigenvalue weighted by Gasteiger charge is -2.06. The average molecular weight is 290 g/mol. The molecule has 0 fully saturated rings. The number of carbonyl (C=O) groups excluding carboxylic acids is 1. The zero-order valence-electron chi connectivity index (χ0n) is 11.1. The summed E-state index contributed by atoms with van der Waals surface area (Å²) < 4.78 is 0. The molecule has 1 amide bonds. The van der Waals surface area contributed by atoms with Gasteiger partial charge in [0.25, 0.3) is 5.91 Å². The zero-order chi connectivity index (χ0) is 14.7. The number of amides is 1. The van der Waals surface area contributed by atoms with Gasteiger partial charge in [-0.15, -0.1) is 11.3 Å². The van der Waals surface area contributed by atoms with E-state index in [1.165, 1.54) is 11.3 Å². The average Bonchev–Trinajstić information content (AvgIpc) is 2.95. The number of thiazole rings is 1. The topological polar surface area (TPSA) is 79.3 Å². The lowest BCUT2D eigenvalue weighted by atomic mass is 10.0. The van der Waals surface area contributed by atoms with E-state index in [4.69, 9.17) is 5.11 Å². The van der Waals surface area contributed by atoms with E-state index in [0.29, 0.717) is 5.69 Å². The van der Waals surface area contributed by atoms with E-state index in [9.17, 15) is 9.59 Å². The maximum atomic E-state index is 11.4. The molecule has 6 heteroatoms. The summed E-state index contributed by atoms with van der Waals surface area (Å²) in [4.78, 5) is 26.6. The first kappa shape index (κ1) is 14.2. The Labute approximate surface area is 120 Å². The van der Waals surface area contributed by atoms with Crippen molar-refractivity contribution in [3.63, 3.8) is 0 Å². The summed E-state index contributed by atoms with van der Waals surface area (Å²) in [6.45, 7) is 1.64. The molecular weight excluding hydrogens is 276 g/mol. The van der Waals surface area contributed by atoms with Crippen molar-refractivity contribution in [3.05, 3.63) is 40.9 Å². The van der Waals surface area contributed by atoms with Crippen LogP contribution < -0.4 is 5.32 Å². The van der Waals surface area contributed by atoms with Crippen LogP contribution in [0, 0.1) is 0 Å². The molecule has 0 aliphatic rings.